The van der Waals surface area contributed by atoms with Crippen molar-refractivity contribution in [2.24, 2.45) is 5.92 Å². The van der Waals surface area contributed by atoms with Crippen LogP contribution in [0.15, 0.2) is 36.4 Å². The summed E-state index contributed by atoms with van der Waals surface area (Å²) in [5.74, 6) is 0.726. The molecule has 1 aliphatic carbocycles. The normalized spacial score (nSPS) is 14.4. The first-order chi connectivity index (χ1) is 14.1. The molecule has 4 rings (SSSR count). The lowest BCUT2D eigenvalue weighted by Gasteiger charge is -2.16. The fraction of sp³-hybridized carbons (Fsp3) is 0.391. The summed E-state index contributed by atoms with van der Waals surface area (Å²) in [6.07, 6.45) is 5.71. The third kappa shape index (κ3) is 4.70. The maximum atomic E-state index is 11.0. The minimum Gasteiger partial charge on any atom is -0.493 e. The zero-order valence-electron chi connectivity index (χ0n) is 16.6. The van der Waals surface area contributed by atoms with E-state index >= 15 is 0 Å². The standard InChI is InChI=1S/C23H26N2O3S/c1-24-23-25-19-9-8-17(13-21(19)29-23)18-12-15(7-11-22(26)27)6-10-20(18)28-14-16-4-2-3-5-16/h6,8-10,12-13,16H,2-5,7,11,14H2,1H3,(H,24,25)(H,26,27). The SMILES string of the molecule is CNc1nc2ccc(-c3cc(CCC(=O)O)ccc3OCC3CCCC3)cc2s1. The predicted molar refractivity (Wildman–Crippen MR) is 118 cm³/mol. The molecule has 29 heavy (non-hydrogen) atoms. The number of hydrogen-bond donors (Lipinski definition) is 2. The molecule has 1 saturated carbocycles. The van der Waals surface area contributed by atoms with E-state index in [2.05, 4.69) is 28.5 Å². The maximum absolute atomic E-state index is 11.0. The van der Waals surface area contributed by atoms with Gasteiger partial charge in [0.15, 0.2) is 5.13 Å². The molecule has 1 aliphatic rings. The Hall–Kier alpha value is -2.60. The third-order valence-corrected chi connectivity index (χ3v) is 6.57. The number of anilines is 1. The minimum atomic E-state index is -0.779. The zero-order valence-corrected chi connectivity index (χ0v) is 17.4. The average molecular weight is 411 g/mol. The predicted octanol–water partition coefficient (Wildman–Crippen LogP) is 5.59. The Morgan fingerprint density at radius 2 is 2.07 bits per heavy atom. The summed E-state index contributed by atoms with van der Waals surface area (Å²) in [7, 11) is 1.87. The van der Waals surface area contributed by atoms with Gasteiger partial charge >= 0.3 is 5.97 Å². The number of fused-ring (bicyclic) bond motifs is 1. The molecular formula is C23H26N2O3S. The monoisotopic (exact) mass is 410 g/mol. The number of nitrogens with zero attached hydrogens (tertiary/aromatic N) is 1. The van der Waals surface area contributed by atoms with Crippen molar-refractivity contribution in [2.75, 3.05) is 19.0 Å². The molecule has 1 fully saturated rings. The van der Waals surface area contributed by atoms with Crippen LogP contribution in [0.1, 0.15) is 37.7 Å². The van der Waals surface area contributed by atoms with Crippen molar-refractivity contribution >= 4 is 32.7 Å². The lowest BCUT2D eigenvalue weighted by atomic mass is 9.99. The number of carbonyl (C=O) groups is 1. The van der Waals surface area contributed by atoms with E-state index in [-0.39, 0.29) is 6.42 Å². The van der Waals surface area contributed by atoms with Crippen LogP contribution in [-0.2, 0) is 11.2 Å². The Bertz CT molecular complexity index is 1010. The number of aryl methyl sites for hydroxylation is 1. The van der Waals surface area contributed by atoms with Gasteiger partial charge in [-0.3, -0.25) is 4.79 Å². The van der Waals surface area contributed by atoms with Gasteiger partial charge in [-0.05, 0) is 60.6 Å². The van der Waals surface area contributed by atoms with Crippen molar-refractivity contribution in [1.29, 1.82) is 0 Å². The van der Waals surface area contributed by atoms with Crippen LogP contribution >= 0.6 is 11.3 Å². The van der Waals surface area contributed by atoms with Gasteiger partial charge in [0.2, 0.25) is 0 Å². The molecule has 152 valence electrons. The van der Waals surface area contributed by atoms with Gasteiger partial charge in [0.25, 0.3) is 0 Å². The molecule has 1 heterocycles. The van der Waals surface area contributed by atoms with Crippen LogP contribution in [0, 0.1) is 5.92 Å². The summed E-state index contributed by atoms with van der Waals surface area (Å²) in [6, 6.07) is 12.3. The lowest BCUT2D eigenvalue weighted by molar-refractivity contribution is -0.136. The summed E-state index contributed by atoms with van der Waals surface area (Å²) in [5, 5.41) is 13.0. The number of carboxylic acid groups (broad SMARTS) is 1. The summed E-state index contributed by atoms with van der Waals surface area (Å²) in [5.41, 5.74) is 4.07. The summed E-state index contributed by atoms with van der Waals surface area (Å²) >= 11 is 1.62. The smallest absolute Gasteiger partial charge is 0.303 e. The fourth-order valence-corrected chi connectivity index (χ4v) is 4.78. The molecule has 5 nitrogen and oxygen atoms in total. The van der Waals surface area contributed by atoms with E-state index in [1.807, 2.05) is 25.2 Å². The number of benzene rings is 2. The van der Waals surface area contributed by atoms with Crippen LogP contribution in [0.4, 0.5) is 5.13 Å². The van der Waals surface area contributed by atoms with E-state index in [1.54, 1.807) is 11.3 Å². The van der Waals surface area contributed by atoms with Gasteiger partial charge in [0.05, 0.1) is 16.8 Å². The van der Waals surface area contributed by atoms with Gasteiger partial charge in [-0.2, -0.15) is 0 Å². The molecule has 0 amide bonds. The number of hydrogen-bond acceptors (Lipinski definition) is 5. The highest BCUT2D eigenvalue weighted by atomic mass is 32.1. The molecular weight excluding hydrogens is 384 g/mol. The highest BCUT2D eigenvalue weighted by molar-refractivity contribution is 7.22. The topological polar surface area (TPSA) is 71.5 Å². The summed E-state index contributed by atoms with van der Waals surface area (Å²) in [6.45, 7) is 0.744. The Labute approximate surface area is 174 Å². The Kier molecular flexibility index (Phi) is 6.00. The van der Waals surface area contributed by atoms with E-state index in [9.17, 15) is 4.79 Å². The Morgan fingerprint density at radius 3 is 2.83 bits per heavy atom. The summed E-state index contributed by atoms with van der Waals surface area (Å²) in [4.78, 5) is 15.5. The van der Waals surface area contributed by atoms with E-state index in [4.69, 9.17) is 9.84 Å². The van der Waals surface area contributed by atoms with Gasteiger partial charge in [-0.1, -0.05) is 36.3 Å². The van der Waals surface area contributed by atoms with Crippen molar-refractivity contribution < 1.29 is 14.6 Å². The van der Waals surface area contributed by atoms with Crippen LogP contribution in [0.2, 0.25) is 0 Å². The van der Waals surface area contributed by atoms with Crippen LogP contribution in [0.25, 0.3) is 21.3 Å². The van der Waals surface area contributed by atoms with Crippen LogP contribution in [0.5, 0.6) is 5.75 Å². The third-order valence-electron chi connectivity index (χ3n) is 5.53. The zero-order chi connectivity index (χ0) is 20.2. The molecule has 0 atom stereocenters. The molecule has 0 saturated heterocycles. The van der Waals surface area contributed by atoms with E-state index in [1.165, 1.54) is 25.7 Å². The largest absolute Gasteiger partial charge is 0.493 e. The highest BCUT2D eigenvalue weighted by Gasteiger charge is 2.17. The number of nitrogens with one attached hydrogen (secondary N) is 1. The van der Waals surface area contributed by atoms with E-state index in [0.717, 1.165) is 44.4 Å². The van der Waals surface area contributed by atoms with Gasteiger partial charge in [-0.15, -0.1) is 0 Å². The molecule has 6 heteroatoms. The maximum Gasteiger partial charge on any atom is 0.303 e. The molecule has 0 aliphatic heterocycles. The van der Waals surface area contributed by atoms with Gasteiger partial charge < -0.3 is 15.2 Å². The lowest BCUT2D eigenvalue weighted by Crippen LogP contribution is -2.09. The van der Waals surface area contributed by atoms with Crippen molar-refractivity contribution in [3.05, 3.63) is 42.0 Å². The number of ether oxygens (including phenoxy) is 1. The molecule has 2 aromatic carbocycles. The van der Waals surface area contributed by atoms with Gasteiger partial charge in [0.1, 0.15) is 5.75 Å². The molecule has 0 bridgehead atoms. The Morgan fingerprint density at radius 1 is 1.24 bits per heavy atom. The van der Waals surface area contributed by atoms with Crippen molar-refractivity contribution in [2.45, 2.75) is 38.5 Å². The molecule has 3 aromatic rings. The first-order valence-electron chi connectivity index (χ1n) is 10.2. The highest BCUT2D eigenvalue weighted by Crippen LogP contribution is 2.36. The molecule has 2 N–H and O–H groups in total. The van der Waals surface area contributed by atoms with Gasteiger partial charge in [-0.25, -0.2) is 4.98 Å². The fourth-order valence-electron chi connectivity index (χ4n) is 3.92. The molecule has 0 spiro atoms. The second-order valence-electron chi connectivity index (χ2n) is 7.64. The molecule has 1 aromatic heterocycles. The van der Waals surface area contributed by atoms with Crippen molar-refractivity contribution in [1.82, 2.24) is 4.98 Å². The number of thiazole rings is 1. The van der Waals surface area contributed by atoms with Crippen molar-refractivity contribution in [3.63, 3.8) is 0 Å². The number of aromatic nitrogens is 1. The molecule has 0 unspecified atom stereocenters. The number of aliphatic carboxylic acids is 1. The number of rotatable bonds is 8. The quantitative estimate of drug-likeness (QED) is 0.506. The second kappa shape index (κ2) is 8.82. The average Bonchev–Trinajstić information content (AvgIpc) is 3.39. The van der Waals surface area contributed by atoms with Crippen LogP contribution in [-0.4, -0.2) is 29.7 Å². The van der Waals surface area contributed by atoms with E-state index in [0.29, 0.717) is 12.3 Å². The van der Waals surface area contributed by atoms with Gasteiger partial charge in [0, 0.05) is 19.0 Å². The van der Waals surface area contributed by atoms with Crippen LogP contribution in [0.3, 0.4) is 0 Å². The minimum absolute atomic E-state index is 0.126. The first kappa shape index (κ1) is 19.7. The Balaban J connectivity index is 1.66. The van der Waals surface area contributed by atoms with E-state index < -0.39 is 5.97 Å². The second-order valence-corrected chi connectivity index (χ2v) is 8.67. The van der Waals surface area contributed by atoms with Crippen LogP contribution < -0.4 is 10.1 Å². The first-order valence-corrected chi connectivity index (χ1v) is 11.0. The molecule has 0 radical (unpaired) electrons. The van der Waals surface area contributed by atoms with Crippen molar-refractivity contribution in [3.8, 4) is 16.9 Å². The summed E-state index contributed by atoms with van der Waals surface area (Å²) < 4.78 is 7.37. The number of carboxylic acids is 1.